The van der Waals surface area contributed by atoms with Gasteiger partial charge in [0.1, 0.15) is 6.54 Å². The van der Waals surface area contributed by atoms with Gasteiger partial charge >= 0.3 is 6.18 Å². The molecule has 2 aromatic rings. The van der Waals surface area contributed by atoms with Crippen molar-refractivity contribution >= 4 is 5.78 Å². The molecular formula is C13H9F3N2O2. The lowest BCUT2D eigenvalue weighted by atomic mass is 10.1. The van der Waals surface area contributed by atoms with Crippen LogP contribution in [0.5, 0.6) is 0 Å². The smallest absolute Gasteiger partial charge is 0.292 e. The predicted molar refractivity (Wildman–Crippen MR) is 64.3 cm³/mol. The molecule has 0 atom stereocenters. The van der Waals surface area contributed by atoms with Crippen molar-refractivity contribution in [1.29, 1.82) is 0 Å². The first-order valence-electron chi connectivity index (χ1n) is 5.61. The number of carbonyl (C=O) groups excluding carboxylic acids is 1. The molecule has 104 valence electrons. The first-order valence-corrected chi connectivity index (χ1v) is 5.61. The maximum atomic E-state index is 12.5. The summed E-state index contributed by atoms with van der Waals surface area (Å²) in [7, 11) is 0. The van der Waals surface area contributed by atoms with Crippen LogP contribution in [0.2, 0.25) is 0 Å². The highest BCUT2D eigenvalue weighted by atomic mass is 19.4. The topological polar surface area (TPSA) is 52.0 Å². The highest BCUT2D eigenvalue weighted by molar-refractivity contribution is 5.95. The average Bonchev–Trinajstić information content (AvgIpc) is 2.41. The lowest BCUT2D eigenvalue weighted by Gasteiger charge is -2.08. The van der Waals surface area contributed by atoms with E-state index in [1.54, 1.807) is 18.2 Å². The molecule has 2 rings (SSSR count). The zero-order chi connectivity index (χ0) is 14.8. The van der Waals surface area contributed by atoms with Crippen LogP contribution in [0.1, 0.15) is 16.1 Å². The van der Waals surface area contributed by atoms with Crippen LogP contribution in [0.15, 0.2) is 47.3 Å². The Balaban J connectivity index is 2.30. The maximum absolute atomic E-state index is 12.5. The van der Waals surface area contributed by atoms with Gasteiger partial charge in [0.15, 0.2) is 11.5 Å². The summed E-state index contributed by atoms with van der Waals surface area (Å²) < 4.78 is 38.0. The molecule has 0 bridgehead atoms. The number of nitrogens with zero attached hydrogens (tertiary/aromatic N) is 2. The minimum Gasteiger partial charge on any atom is -0.292 e. The molecule has 1 aromatic carbocycles. The second-order valence-corrected chi connectivity index (χ2v) is 4.00. The molecule has 0 radical (unpaired) electrons. The summed E-state index contributed by atoms with van der Waals surface area (Å²) in [6.45, 7) is -0.535. The number of ketones is 1. The lowest BCUT2D eigenvalue weighted by Crippen LogP contribution is -2.28. The summed E-state index contributed by atoms with van der Waals surface area (Å²) in [6, 6.07) is 9.30. The highest BCUT2D eigenvalue weighted by Crippen LogP contribution is 2.26. The number of aromatic nitrogens is 2. The van der Waals surface area contributed by atoms with Gasteiger partial charge in [0.25, 0.3) is 5.56 Å². The molecule has 4 nitrogen and oxygen atoms in total. The lowest BCUT2D eigenvalue weighted by molar-refractivity contribution is -0.142. The van der Waals surface area contributed by atoms with E-state index in [0.717, 1.165) is 6.07 Å². The summed E-state index contributed by atoms with van der Waals surface area (Å²) in [6.07, 6.45) is -4.66. The van der Waals surface area contributed by atoms with Gasteiger partial charge in [-0.25, -0.2) is 4.68 Å². The fraction of sp³-hybridized carbons (Fsp3) is 0.154. The Morgan fingerprint density at radius 3 is 2.35 bits per heavy atom. The van der Waals surface area contributed by atoms with Crippen molar-refractivity contribution in [2.45, 2.75) is 12.7 Å². The van der Waals surface area contributed by atoms with Crippen LogP contribution in [0.3, 0.4) is 0 Å². The Bertz CT molecular complexity index is 678. The van der Waals surface area contributed by atoms with Gasteiger partial charge in [0.05, 0.1) is 0 Å². The van der Waals surface area contributed by atoms with Crippen molar-refractivity contribution in [2.24, 2.45) is 0 Å². The van der Waals surface area contributed by atoms with Crippen LogP contribution in [-0.2, 0) is 12.7 Å². The summed E-state index contributed by atoms with van der Waals surface area (Å²) in [5.41, 5.74) is -1.67. The van der Waals surface area contributed by atoms with E-state index in [0.29, 0.717) is 16.3 Å². The van der Waals surface area contributed by atoms with E-state index in [1.807, 2.05) is 0 Å². The Labute approximate surface area is 111 Å². The molecule has 0 unspecified atom stereocenters. The van der Waals surface area contributed by atoms with E-state index in [9.17, 15) is 22.8 Å². The van der Waals surface area contributed by atoms with Crippen LogP contribution in [-0.4, -0.2) is 15.6 Å². The predicted octanol–water partition coefficient (Wildman–Crippen LogP) is 2.15. The van der Waals surface area contributed by atoms with Crippen molar-refractivity contribution in [3.05, 3.63) is 64.1 Å². The third-order valence-electron chi connectivity index (χ3n) is 2.55. The second-order valence-electron chi connectivity index (χ2n) is 4.00. The number of hydrogen-bond acceptors (Lipinski definition) is 3. The van der Waals surface area contributed by atoms with Gasteiger partial charge in [-0.3, -0.25) is 9.59 Å². The fourth-order valence-electron chi connectivity index (χ4n) is 1.56. The molecule has 0 N–H and O–H groups in total. The summed E-state index contributed by atoms with van der Waals surface area (Å²) in [4.78, 5) is 23.3. The number of alkyl halides is 3. The van der Waals surface area contributed by atoms with Gasteiger partial charge in [0.2, 0.25) is 0 Å². The number of rotatable bonds is 3. The first-order chi connectivity index (χ1) is 9.38. The van der Waals surface area contributed by atoms with E-state index in [-0.39, 0.29) is 0 Å². The fourth-order valence-corrected chi connectivity index (χ4v) is 1.56. The van der Waals surface area contributed by atoms with Gasteiger partial charge in [-0.2, -0.15) is 18.3 Å². The normalized spacial score (nSPS) is 11.3. The quantitative estimate of drug-likeness (QED) is 0.810. The first kappa shape index (κ1) is 14.0. The molecule has 0 spiro atoms. The van der Waals surface area contributed by atoms with Crippen molar-refractivity contribution in [2.75, 3.05) is 0 Å². The molecule has 7 heteroatoms. The zero-order valence-corrected chi connectivity index (χ0v) is 10.1. The molecule has 1 aromatic heterocycles. The zero-order valence-electron chi connectivity index (χ0n) is 10.1. The van der Waals surface area contributed by atoms with Gasteiger partial charge in [-0.15, -0.1) is 0 Å². The molecular weight excluding hydrogens is 273 g/mol. The molecule has 0 saturated heterocycles. The second kappa shape index (κ2) is 5.28. The number of hydrogen-bond donors (Lipinski definition) is 0. The van der Waals surface area contributed by atoms with Gasteiger partial charge in [-0.1, -0.05) is 30.3 Å². The summed E-state index contributed by atoms with van der Waals surface area (Å²) in [5, 5.41) is 3.17. The van der Waals surface area contributed by atoms with Gasteiger partial charge < -0.3 is 0 Å². The van der Waals surface area contributed by atoms with Crippen LogP contribution >= 0.6 is 0 Å². The van der Waals surface area contributed by atoms with Crippen LogP contribution in [0.4, 0.5) is 13.2 Å². The highest BCUT2D eigenvalue weighted by Gasteiger charge is 2.33. The number of Topliss-reactive ketones (excluding diaryl/α,β-unsaturated/α-hetero) is 1. The van der Waals surface area contributed by atoms with E-state index >= 15 is 0 Å². The molecule has 0 aliphatic heterocycles. The minimum absolute atomic E-state index is 0.304. The van der Waals surface area contributed by atoms with Crippen molar-refractivity contribution in [1.82, 2.24) is 9.78 Å². The summed E-state index contributed by atoms with van der Waals surface area (Å²) >= 11 is 0. The third-order valence-corrected chi connectivity index (χ3v) is 2.55. The molecule has 1 heterocycles. The van der Waals surface area contributed by atoms with Crippen molar-refractivity contribution in [3.8, 4) is 0 Å². The number of carbonyl (C=O) groups is 1. The largest absolute Gasteiger partial charge is 0.435 e. The maximum Gasteiger partial charge on any atom is 0.435 e. The van der Waals surface area contributed by atoms with E-state index in [1.165, 1.54) is 12.1 Å². The van der Waals surface area contributed by atoms with Crippen LogP contribution in [0, 0.1) is 0 Å². The molecule has 0 amide bonds. The average molecular weight is 282 g/mol. The Kier molecular flexibility index (Phi) is 3.69. The Morgan fingerprint density at radius 1 is 1.10 bits per heavy atom. The Hall–Kier alpha value is -2.44. The van der Waals surface area contributed by atoms with E-state index in [4.69, 9.17) is 0 Å². The monoisotopic (exact) mass is 282 g/mol. The molecule has 0 aliphatic carbocycles. The van der Waals surface area contributed by atoms with E-state index < -0.39 is 29.8 Å². The number of halogens is 3. The SMILES string of the molecule is O=C(Cn1nc(C(F)(F)F)ccc1=O)c1ccccc1. The van der Waals surface area contributed by atoms with Crippen LogP contribution < -0.4 is 5.56 Å². The molecule has 0 fully saturated rings. The van der Waals surface area contributed by atoms with Crippen molar-refractivity contribution in [3.63, 3.8) is 0 Å². The van der Waals surface area contributed by atoms with Crippen LogP contribution in [0.25, 0.3) is 0 Å². The summed E-state index contributed by atoms with van der Waals surface area (Å²) in [5.74, 6) is -0.487. The van der Waals surface area contributed by atoms with Gasteiger partial charge in [0, 0.05) is 11.6 Å². The van der Waals surface area contributed by atoms with Gasteiger partial charge in [-0.05, 0) is 6.07 Å². The number of benzene rings is 1. The molecule has 0 saturated carbocycles. The standard InChI is InChI=1S/C13H9F3N2O2/c14-13(15,16)11-6-7-12(20)18(17-11)8-10(19)9-4-2-1-3-5-9/h1-7H,8H2. The molecule has 20 heavy (non-hydrogen) atoms. The Morgan fingerprint density at radius 2 is 1.75 bits per heavy atom. The minimum atomic E-state index is -4.66. The van der Waals surface area contributed by atoms with Crippen molar-refractivity contribution < 1.29 is 18.0 Å². The molecule has 0 aliphatic rings. The van der Waals surface area contributed by atoms with E-state index in [2.05, 4.69) is 5.10 Å². The third kappa shape index (κ3) is 3.11.